The van der Waals surface area contributed by atoms with E-state index in [9.17, 15) is 17.6 Å². The maximum Gasteiger partial charge on any atom is 0.417 e. The lowest BCUT2D eigenvalue weighted by Gasteiger charge is -2.11. The van der Waals surface area contributed by atoms with Gasteiger partial charge in [-0.05, 0) is 46.3 Å². The van der Waals surface area contributed by atoms with E-state index in [0.29, 0.717) is 0 Å². The lowest BCUT2D eigenvalue weighted by Crippen LogP contribution is -2.07. The Labute approximate surface area is 125 Å². The summed E-state index contributed by atoms with van der Waals surface area (Å²) in [5.41, 5.74) is -1.60. The van der Waals surface area contributed by atoms with Crippen molar-refractivity contribution in [2.45, 2.75) is 6.18 Å². The Bertz CT molecular complexity index is 722. The molecule has 0 aliphatic carbocycles. The van der Waals surface area contributed by atoms with Gasteiger partial charge in [0.2, 0.25) is 0 Å². The van der Waals surface area contributed by atoms with Crippen LogP contribution in [-0.2, 0) is 6.18 Å². The number of nitrogens with zero attached hydrogens (tertiary/aromatic N) is 1. The number of hydrogen-bond acceptors (Lipinski definition) is 2. The van der Waals surface area contributed by atoms with Gasteiger partial charge < -0.3 is 4.74 Å². The number of rotatable bonds is 2. The average molecular weight is 360 g/mol. The highest BCUT2D eigenvalue weighted by molar-refractivity contribution is 9.10. The SMILES string of the molecule is N#Cc1cc(Oc2ccc(Br)c(F)c2)ccc1C(F)(F)F. The number of benzene rings is 2. The molecule has 0 atom stereocenters. The highest BCUT2D eigenvalue weighted by atomic mass is 79.9. The second kappa shape index (κ2) is 5.74. The summed E-state index contributed by atoms with van der Waals surface area (Å²) in [6, 6.07) is 8.18. The third-order valence-electron chi connectivity index (χ3n) is 2.54. The number of nitriles is 1. The molecule has 0 heterocycles. The summed E-state index contributed by atoms with van der Waals surface area (Å²) < 4.78 is 56.7. The number of halogens is 5. The summed E-state index contributed by atoms with van der Waals surface area (Å²) in [7, 11) is 0. The van der Waals surface area contributed by atoms with E-state index in [1.165, 1.54) is 18.2 Å². The van der Waals surface area contributed by atoms with Gasteiger partial charge in [0.15, 0.2) is 0 Å². The molecule has 0 unspecified atom stereocenters. The Morgan fingerprint density at radius 1 is 1.05 bits per heavy atom. The molecule has 2 aromatic carbocycles. The first-order valence-electron chi connectivity index (χ1n) is 5.55. The van der Waals surface area contributed by atoms with Crippen molar-refractivity contribution >= 4 is 15.9 Å². The van der Waals surface area contributed by atoms with Crippen molar-refractivity contribution in [3.63, 3.8) is 0 Å². The fourth-order valence-electron chi connectivity index (χ4n) is 1.60. The van der Waals surface area contributed by atoms with Crippen LogP contribution in [0.5, 0.6) is 11.5 Å². The third-order valence-corrected chi connectivity index (χ3v) is 3.19. The topological polar surface area (TPSA) is 33.0 Å². The number of alkyl halides is 3. The molecule has 0 aliphatic heterocycles. The van der Waals surface area contributed by atoms with Crippen LogP contribution in [-0.4, -0.2) is 0 Å². The van der Waals surface area contributed by atoms with Crippen molar-refractivity contribution in [2.75, 3.05) is 0 Å². The molecule has 108 valence electrons. The van der Waals surface area contributed by atoms with E-state index in [0.717, 1.165) is 24.3 Å². The molecule has 0 radical (unpaired) electrons. The van der Waals surface area contributed by atoms with Gasteiger partial charge in [-0.1, -0.05) is 0 Å². The van der Waals surface area contributed by atoms with Gasteiger partial charge in [-0.15, -0.1) is 0 Å². The van der Waals surface area contributed by atoms with Crippen LogP contribution in [0.3, 0.4) is 0 Å². The van der Waals surface area contributed by atoms with Crippen molar-refractivity contribution in [3.05, 3.63) is 57.8 Å². The van der Waals surface area contributed by atoms with Crippen molar-refractivity contribution in [3.8, 4) is 17.6 Å². The average Bonchev–Trinajstić information content (AvgIpc) is 2.41. The van der Waals surface area contributed by atoms with Crippen LogP contribution < -0.4 is 4.74 Å². The molecule has 2 nitrogen and oxygen atoms in total. The van der Waals surface area contributed by atoms with Crippen LogP contribution in [0.15, 0.2) is 40.9 Å². The zero-order valence-electron chi connectivity index (χ0n) is 10.2. The minimum absolute atomic E-state index is 0.0151. The smallest absolute Gasteiger partial charge is 0.417 e. The van der Waals surface area contributed by atoms with Gasteiger partial charge in [0.25, 0.3) is 0 Å². The Hall–Kier alpha value is -2.07. The quantitative estimate of drug-likeness (QED) is 0.684. The van der Waals surface area contributed by atoms with E-state index in [1.807, 2.05) is 0 Å². The Morgan fingerprint density at radius 3 is 2.24 bits per heavy atom. The molecule has 21 heavy (non-hydrogen) atoms. The predicted octanol–water partition coefficient (Wildman–Crippen LogP) is 5.27. The van der Waals surface area contributed by atoms with Gasteiger partial charge in [-0.3, -0.25) is 0 Å². The largest absolute Gasteiger partial charge is 0.457 e. The summed E-state index contributed by atoms with van der Waals surface area (Å²) >= 11 is 2.97. The first-order chi connectivity index (χ1) is 9.81. The second-order valence-corrected chi connectivity index (χ2v) is 4.85. The van der Waals surface area contributed by atoms with E-state index in [1.54, 1.807) is 0 Å². The molecular formula is C14H6BrF4NO. The van der Waals surface area contributed by atoms with E-state index >= 15 is 0 Å². The van der Waals surface area contributed by atoms with Gasteiger partial charge >= 0.3 is 6.18 Å². The Balaban J connectivity index is 2.34. The van der Waals surface area contributed by atoms with E-state index in [2.05, 4.69) is 15.9 Å². The zero-order valence-corrected chi connectivity index (χ0v) is 11.8. The molecule has 0 N–H and O–H groups in total. The first kappa shape index (κ1) is 15.3. The van der Waals surface area contributed by atoms with Gasteiger partial charge in [0, 0.05) is 6.07 Å². The van der Waals surface area contributed by atoms with Crippen molar-refractivity contribution in [1.29, 1.82) is 5.26 Å². The van der Waals surface area contributed by atoms with Crippen molar-refractivity contribution in [2.24, 2.45) is 0 Å². The van der Waals surface area contributed by atoms with Crippen LogP contribution in [0.2, 0.25) is 0 Å². The summed E-state index contributed by atoms with van der Waals surface area (Å²) in [6.45, 7) is 0. The molecule has 0 saturated heterocycles. The van der Waals surface area contributed by atoms with Crippen LogP contribution in [0.1, 0.15) is 11.1 Å². The van der Waals surface area contributed by atoms with Crippen LogP contribution >= 0.6 is 15.9 Å². The van der Waals surface area contributed by atoms with Crippen LogP contribution in [0.4, 0.5) is 17.6 Å². The molecule has 0 amide bonds. The van der Waals surface area contributed by atoms with Gasteiger partial charge in [0.1, 0.15) is 17.3 Å². The molecule has 0 spiro atoms. The highest BCUT2D eigenvalue weighted by Gasteiger charge is 2.33. The predicted molar refractivity (Wildman–Crippen MR) is 70.3 cm³/mol. The lowest BCUT2D eigenvalue weighted by molar-refractivity contribution is -0.137. The Morgan fingerprint density at radius 2 is 1.67 bits per heavy atom. The summed E-state index contributed by atoms with van der Waals surface area (Å²) in [5.74, 6) is -0.444. The number of ether oxygens (including phenoxy) is 1. The molecule has 0 fully saturated rings. The van der Waals surface area contributed by atoms with Crippen LogP contribution in [0.25, 0.3) is 0 Å². The maximum absolute atomic E-state index is 13.3. The van der Waals surface area contributed by atoms with Gasteiger partial charge in [0.05, 0.1) is 21.7 Å². The fourth-order valence-corrected chi connectivity index (χ4v) is 1.85. The third kappa shape index (κ3) is 3.52. The summed E-state index contributed by atoms with van der Waals surface area (Å²) in [4.78, 5) is 0. The standard InChI is InChI=1S/C14H6BrF4NO/c15-12-4-2-10(6-13(12)16)21-9-1-3-11(14(17,18)19)8(5-9)7-20/h1-6H. The van der Waals surface area contributed by atoms with E-state index in [-0.39, 0.29) is 16.0 Å². The molecule has 7 heteroatoms. The van der Waals surface area contributed by atoms with Crippen LogP contribution in [0, 0.1) is 17.1 Å². The maximum atomic E-state index is 13.3. The fraction of sp³-hybridized carbons (Fsp3) is 0.0714. The molecule has 0 aliphatic rings. The van der Waals surface area contributed by atoms with Crippen molar-refractivity contribution in [1.82, 2.24) is 0 Å². The summed E-state index contributed by atoms with van der Waals surface area (Å²) in [5, 5.41) is 8.78. The second-order valence-electron chi connectivity index (χ2n) is 3.99. The molecule has 0 bridgehead atoms. The molecule has 0 saturated carbocycles. The molecule has 0 aromatic heterocycles. The van der Waals surface area contributed by atoms with Gasteiger partial charge in [-0.2, -0.15) is 18.4 Å². The van der Waals surface area contributed by atoms with Gasteiger partial charge in [-0.25, -0.2) is 4.39 Å². The van der Waals surface area contributed by atoms with Crippen molar-refractivity contribution < 1.29 is 22.3 Å². The van der Waals surface area contributed by atoms with E-state index in [4.69, 9.17) is 10.00 Å². The minimum Gasteiger partial charge on any atom is -0.457 e. The molecule has 2 aromatic rings. The minimum atomic E-state index is -4.62. The first-order valence-corrected chi connectivity index (χ1v) is 6.35. The molecule has 2 rings (SSSR count). The zero-order chi connectivity index (χ0) is 15.6. The highest BCUT2D eigenvalue weighted by Crippen LogP contribution is 2.34. The monoisotopic (exact) mass is 359 g/mol. The normalized spacial score (nSPS) is 11.0. The molecular weight excluding hydrogens is 354 g/mol. The summed E-state index contributed by atoms with van der Waals surface area (Å²) in [6.07, 6.45) is -4.62. The number of hydrogen-bond donors (Lipinski definition) is 0. The Kier molecular flexibility index (Phi) is 4.19. The lowest BCUT2D eigenvalue weighted by atomic mass is 10.1. The van der Waals surface area contributed by atoms with E-state index < -0.39 is 23.1 Å².